The fourth-order valence-electron chi connectivity index (χ4n) is 1.52. The Morgan fingerprint density at radius 3 is 2.44 bits per heavy atom. The Hall–Kier alpha value is -1.54. The molecule has 0 spiro atoms. The van der Waals surface area contributed by atoms with Gasteiger partial charge in [0.15, 0.2) is 0 Å². The van der Waals surface area contributed by atoms with Gasteiger partial charge in [0.25, 0.3) is 0 Å². The molecule has 82 valence electrons. The van der Waals surface area contributed by atoms with E-state index in [2.05, 4.69) is 0 Å². The molecule has 0 saturated carbocycles. The van der Waals surface area contributed by atoms with Crippen LogP contribution in [0.5, 0.6) is 5.75 Å². The molecule has 0 saturated heterocycles. The second kappa shape index (κ2) is 4.54. The summed E-state index contributed by atoms with van der Waals surface area (Å²) in [5.41, 5.74) is 1.29. The van der Waals surface area contributed by atoms with Crippen molar-refractivity contribution >= 4 is 11.6 Å². The summed E-state index contributed by atoms with van der Waals surface area (Å²) in [5, 5.41) is 0.277. The number of hydrogen-bond acceptors (Lipinski definition) is 1. The van der Waals surface area contributed by atoms with Crippen LogP contribution in [0.4, 0.5) is 4.39 Å². The molecule has 2 rings (SSSR count). The largest absolute Gasteiger partial charge is 0.495 e. The standard InChI is InChI=1S/C13H10ClFO/c1-16-13-7-10(12(15)8-11(13)14)9-5-3-2-4-6-9/h2-8H,1H3. The molecule has 16 heavy (non-hydrogen) atoms. The van der Waals surface area contributed by atoms with Crippen LogP contribution in [0.1, 0.15) is 0 Å². The molecule has 0 unspecified atom stereocenters. The molecule has 0 aliphatic carbocycles. The summed E-state index contributed by atoms with van der Waals surface area (Å²) in [7, 11) is 1.51. The van der Waals surface area contributed by atoms with Crippen molar-refractivity contribution in [2.45, 2.75) is 0 Å². The first-order valence-corrected chi connectivity index (χ1v) is 5.18. The summed E-state index contributed by atoms with van der Waals surface area (Å²) in [6.07, 6.45) is 0. The third-order valence-electron chi connectivity index (χ3n) is 2.33. The van der Waals surface area contributed by atoms with Gasteiger partial charge in [-0.2, -0.15) is 0 Å². The van der Waals surface area contributed by atoms with E-state index in [1.54, 1.807) is 6.07 Å². The van der Waals surface area contributed by atoms with Gasteiger partial charge >= 0.3 is 0 Å². The minimum Gasteiger partial charge on any atom is -0.495 e. The van der Waals surface area contributed by atoms with Gasteiger partial charge in [-0.3, -0.25) is 0 Å². The van der Waals surface area contributed by atoms with Crippen LogP contribution in [-0.4, -0.2) is 7.11 Å². The number of benzene rings is 2. The van der Waals surface area contributed by atoms with Gasteiger partial charge in [0.1, 0.15) is 11.6 Å². The number of methoxy groups -OCH3 is 1. The van der Waals surface area contributed by atoms with Crippen LogP contribution in [0.2, 0.25) is 5.02 Å². The van der Waals surface area contributed by atoms with Gasteiger partial charge in [-0.1, -0.05) is 41.9 Å². The Bertz CT molecular complexity index is 497. The van der Waals surface area contributed by atoms with Gasteiger partial charge in [-0.25, -0.2) is 4.39 Å². The topological polar surface area (TPSA) is 9.23 Å². The third kappa shape index (κ3) is 2.02. The van der Waals surface area contributed by atoms with Gasteiger partial charge in [-0.05, 0) is 17.7 Å². The van der Waals surface area contributed by atoms with Crippen molar-refractivity contribution in [3.05, 3.63) is 53.3 Å². The Morgan fingerprint density at radius 1 is 1.12 bits per heavy atom. The molecule has 0 N–H and O–H groups in total. The molecule has 0 atom stereocenters. The lowest BCUT2D eigenvalue weighted by Crippen LogP contribution is -1.89. The Balaban J connectivity index is 2.57. The van der Waals surface area contributed by atoms with Crippen LogP contribution in [0.3, 0.4) is 0 Å². The molecular weight excluding hydrogens is 227 g/mol. The Morgan fingerprint density at radius 2 is 1.81 bits per heavy atom. The van der Waals surface area contributed by atoms with Crippen LogP contribution in [0.25, 0.3) is 11.1 Å². The highest BCUT2D eigenvalue weighted by atomic mass is 35.5. The highest BCUT2D eigenvalue weighted by Crippen LogP contribution is 2.32. The van der Waals surface area contributed by atoms with Gasteiger partial charge < -0.3 is 4.74 Å². The summed E-state index contributed by atoms with van der Waals surface area (Å²) < 4.78 is 18.8. The lowest BCUT2D eigenvalue weighted by molar-refractivity contribution is 0.414. The predicted octanol–water partition coefficient (Wildman–Crippen LogP) is 4.15. The normalized spacial score (nSPS) is 10.2. The van der Waals surface area contributed by atoms with Crippen LogP contribution < -0.4 is 4.74 Å². The second-order valence-electron chi connectivity index (χ2n) is 3.33. The maximum Gasteiger partial charge on any atom is 0.138 e. The van der Waals surface area contributed by atoms with Crippen LogP contribution in [-0.2, 0) is 0 Å². The van der Waals surface area contributed by atoms with Gasteiger partial charge in [0.2, 0.25) is 0 Å². The van der Waals surface area contributed by atoms with E-state index in [1.807, 2.05) is 30.3 Å². The average molecular weight is 237 g/mol. The molecule has 2 aromatic rings. The SMILES string of the molecule is COc1cc(-c2ccccc2)c(F)cc1Cl. The van der Waals surface area contributed by atoms with E-state index in [0.717, 1.165) is 5.56 Å². The maximum absolute atomic E-state index is 13.7. The molecule has 0 bridgehead atoms. The predicted molar refractivity (Wildman–Crippen MR) is 63.4 cm³/mol. The molecule has 0 radical (unpaired) electrons. The first kappa shape index (κ1) is 11.0. The van der Waals surface area contributed by atoms with Crippen LogP contribution in [0, 0.1) is 5.82 Å². The fourth-order valence-corrected chi connectivity index (χ4v) is 1.75. The van der Waals surface area contributed by atoms with E-state index >= 15 is 0 Å². The van der Waals surface area contributed by atoms with E-state index in [9.17, 15) is 4.39 Å². The molecule has 0 aromatic heterocycles. The van der Waals surface area contributed by atoms with Crippen LogP contribution >= 0.6 is 11.6 Å². The van der Waals surface area contributed by atoms with Crippen molar-refractivity contribution in [2.75, 3.05) is 7.11 Å². The van der Waals surface area contributed by atoms with E-state index < -0.39 is 0 Å². The van der Waals surface area contributed by atoms with Crippen molar-refractivity contribution in [1.82, 2.24) is 0 Å². The molecule has 0 heterocycles. The van der Waals surface area contributed by atoms with Crippen LogP contribution in [0.15, 0.2) is 42.5 Å². The third-order valence-corrected chi connectivity index (χ3v) is 2.62. The Labute approximate surface area is 98.4 Å². The maximum atomic E-state index is 13.7. The molecule has 0 aliphatic rings. The van der Waals surface area contributed by atoms with Crippen molar-refractivity contribution in [2.24, 2.45) is 0 Å². The number of hydrogen-bond donors (Lipinski definition) is 0. The van der Waals surface area contributed by atoms with E-state index in [0.29, 0.717) is 11.3 Å². The molecule has 1 nitrogen and oxygen atoms in total. The van der Waals surface area contributed by atoms with Crippen molar-refractivity contribution in [1.29, 1.82) is 0 Å². The minimum absolute atomic E-state index is 0.277. The number of rotatable bonds is 2. The quantitative estimate of drug-likeness (QED) is 0.761. The zero-order valence-corrected chi connectivity index (χ0v) is 9.46. The van der Waals surface area contributed by atoms with Crippen molar-refractivity contribution in [3.63, 3.8) is 0 Å². The monoisotopic (exact) mass is 236 g/mol. The van der Waals surface area contributed by atoms with Crippen molar-refractivity contribution < 1.29 is 9.13 Å². The molecule has 3 heteroatoms. The first-order valence-electron chi connectivity index (χ1n) is 4.81. The summed E-state index contributed by atoms with van der Waals surface area (Å²) in [5.74, 6) is 0.124. The first-order chi connectivity index (χ1) is 7.72. The summed E-state index contributed by atoms with van der Waals surface area (Å²) >= 11 is 5.82. The highest BCUT2D eigenvalue weighted by Gasteiger charge is 2.10. The summed E-state index contributed by atoms with van der Waals surface area (Å²) in [6, 6.07) is 12.1. The summed E-state index contributed by atoms with van der Waals surface area (Å²) in [6.45, 7) is 0. The summed E-state index contributed by atoms with van der Waals surface area (Å²) in [4.78, 5) is 0. The average Bonchev–Trinajstić information content (AvgIpc) is 2.30. The Kier molecular flexibility index (Phi) is 3.11. The number of ether oxygens (including phenoxy) is 1. The van der Waals surface area contributed by atoms with Gasteiger partial charge in [0.05, 0.1) is 12.1 Å². The molecule has 0 aliphatic heterocycles. The molecule has 0 amide bonds. The number of halogens is 2. The molecule has 2 aromatic carbocycles. The lowest BCUT2D eigenvalue weighted by atomic mass is 10.1. The smallest absolute Gasteiger partial charge is 0.138 e. The molecule has 0 fully saturated rings. The fraction of sp³-hybridized carbons (Fsp3) is 0.0769. The zero-order chi connectivity index (χ0) is 11.5. The minimum atomic E-state index is -0.350. The van der Waals surface area contributed by atoms with E-state index in [-0.39, 0.29) is 10.8 Å². The van der Waals surface area contributed by atoms with Gasteiger partial charge in [-0.15, -0.1) is 0 Å². The van der Waals surface area contributed by atoms with E-state index in [4.69, 9.17) is 16.3 Å². The van der Waals surface area contributed by atoms with Crippen molar-refractivity contribution in [3.8, 4) is 16.9 Å². The molecular formula is C13H10ClFO. The zero-order valence-electron chi connectivity index (χ0n) is 8.71. The lowest BCUT2D eigenvalue weighted by Gasteiger charge is -2.08. The highest BCUT2D eigenvalue weighted by molar-refractivity contribution is 6.32. The second-order valence-corrected chi connectivity index (χ2v) is 3.74. The van der Waals surface area contributed by atoms with E-state index in [1.165, 1.54) is 13.2 Å². The van der Waals surface area contributed by atoms with Gasteiger partial charge in [0, 0.05) is 5.56 Å².